The van der Waals surface area contributed by atoms with Gasteiger partial charge in [0.2, 0.25) is 5.13 Å². The van der Waals surface area contributed by atoms with E-state index in [4.69, 9.17) is 4.74 Å². The lowest BCUT2D eigenvalue weighted by atomic mass is 10.1. The van der Waals surface area contributed by atoms with E-state index in [0.29, 0.717) is 15.0 Å². The lowest BCUT2D eigenvalue weighted by Crippen LogP contribution is -2.03. The molecule has 0 aliphatic carbocycles. The molecule has 134 valence electrons. The number of ether oxygens (including phenoxy) is 1. The summed E-state index contributed by atoms with van der Waals surface area (Å²) in [4.78, 5) is 12.2. The Morgan fingerprint density at radius 3 is 2.85 bits per heavy atom. The van der Waals surface area contributed by atoms with Crippen molar-refractivity contribution in [3.05, 3.63) is 59.4 Å². The van der Waals surface area contributed by atoms with Crippen LogP contribution >= 0.6 is 23.1 Å². The Hall–Kier alpha value is -2.45. The van der Waals surface area contributed by atoms with Gasteiger partial charge in [0.15, 0.2) is 21.7 Å². The van der Waals surface area contributed by atoms with Crippen molar-refractivity contribution in [2.75, 3.05) is 18.2 Å². The van der Waals surface area contributed by atoms with Crippen LogP contribution in [-0.2, 0) is 0 Å². The SMILES string of the molecule is COc1ccc(C(=O)CSc2nnc(Nc3cccc(C)c3)s2)cc1F. The summed E-state index contributed by atoms with van der Waals surface area (Å²) in [6.07, 6.45) is 0. The van der Waals surface area contributed by atoms with E-state index in [0.717, 1.165) is 11.3 Å². The monoisotopic (exact) mass is 389 g/mol. The first-order valence-corrected chi connectivity index (χ1v) is 9.52. The Morgan fingerprint density at radius 1 is 1.27 bits per heavy atom. The van der Waals surface area contributed by atoms with Crippen molar-refractivity contribution in [2.45, 2.75) is 11.3 Å². The number of aromatic nitrogens is 2. The first-order valence-electron chi connectivity index (χ1n) is 7.72. The molecule has 0 saturated carbocycles. The van der Waals surface area contributed by atoms with E-state index in [9.17, 15) is 9.18 Å². The van der Waals surface area contributed by atoms with Crippen molar-refractivity contribution in [3.8, 4) is 5.75 Å². The lowest BCUT2D eigenvalue weighted by Gasteiger charge is -2.04. The first kappa shape index (κ1) is 18.3. The van der Waals surface area contributed by atoms with Crippen LogP contribution in [0.1, 0.15) is 15.9 Å². The largest absolute Gasteiger partial charge is 0.494 e. The number of benzene rings is 2. The second kappa shape index (κ2) is 8.29. The van der Waals surface area contributed by atoms with E-state index in [1.165, 1.54) is 42.3 Å². The van der Waals surface area contributed by atoms with Crippen LogP contribution in [0.3, 0.4) is 0 Å². The molecular formula is C18H16FN3O2S2. The number of nitrogens with zero attached hydrogens (tertiary/aromatic N) is 2. The topological polar surface area (TPSA) is 64.1 Å². The molecule has 0 fully saturated rings. The second-order valence-corrected chi connectivity index (χ2v) is 7.63. The summed E-state index contributed by atoms with van der Waals surface area (Å²) >= 11 is 2.64. The molecule has 0 aliphatic heterocycles. The minimum absolute atomic E-state index is 0.116. The molecule has 8 heteroatoms. The van der Waals surface area contributed by atoms with Gasteiger partial charge in [-0.1, -0.05) is 35.2 Å². The van der Waals surface area contributed by atoms with Gasteiger partial charge in [0.25, 0.3) is 0 Å². The van der Waals surface area contributed by atoms with Gasteiger partial charge in [0, 0.05) is 11.3 Å². The third-order valence-corrected chi connectivity index (χ3v) is 5.45. The highest BCUT2D eigenvalue weighted by Crippen LogP contribution is 2.28. The highest BCUT2D eigenvalue weighted by Gasteiger charge is 2.13. The van der Waals surface area contributed by atoms with E-state index < -0.39 is 5.82 Å². The summed E-state index contributed by atoms with van der Waals surface area (Å²) in [6, 6.07) is 12.1. The Labute approximate surface area is 158 Å². The van der Waals surface area contributed by atoms with Crippen LogP contribution in [-0.4, -0.2) is 28.8 Å². The summed E-state index contributed by atoms with van der Waals surface area (Å²) in [5.41, 5.74) is 2.38. The maximum absolute atomic E-state index is 13.7. The van der Waals surface area contributed by atoms with Crippen molar-refractivity contribution < 1.29 is 13.9 Å². The number of carbonyl (C=O) groups excluding carboxylic acids is 1. The molecule has 0 bridgehead atoms. The molecule has 1 aromatic heterocycles. The second-order valence-electron chi connectivity index (χ2n) is 5.43. The molecular weight excluding hydrogens is 373 g/mol. The van der Waals surface area contributed by atoms with Crippen molar-refractivity contribution in [1.29, 1.82) is 0 Å². The van der Waals surface area contributed by atoms with E-state index in [1.807, 2.05) is 31.2 Å². The van der Waals surface area contributed by atoms with Gasteiger partial charge in [0.05, 0.1) is 12.9 Å². The molecule has 2 aromatic carbocycles. The van der Waals surface area contributed by atoms with Gasteiger partial charge in [-0.3, -0.25) is 4.79 Å². The average Bonchev–Trinajstić information content (AvgIpc) is 3.07. The quantitative estimate of drug-likeness (QED) is 0.466. The Morgan fingerprint density at radius 2 is 2.12 bits per heavy atom. The maximum Gasteiger partial charge on any atom is 0.210 e. The van der Waals surface area contributed by atoms with Crippen LogP contribution < -0.4 is 10.1 Å². The van der Waals surface area contributed by atoms with Gasteiger partial charge in [0.1, 0.15) is 0 Å². The third-order valence-electron chi connectivity index (χ3n) is 3.48. The number of aryl methyl sites for hydroxylation is 1. The summed E-state index contributed by atoms with van der Waals surface area (Å²) in [5, 5.41) is 12.0. The number of nitrogens with one attached hydrogen (secondary N) is 1. The van der Waals surface area contributed by atoms with Gasteiger partial charge in [-0.05, 0) is 42.8 Å². The van der Waals surface area contributed by atoms with Crippen molar-refractivity contribution in [3.63, 3.8) is 0 Å². The fraction of sp³-hybridized carbons (Fsp3) is 0.167. The normalized spacial score (nSPS) is 10.6. The van der Waals surface area contributed by atoms with Gasteiger partial charge < -0.3 is 10.1 Å². The van der Waals surface area contributed by atoms with Gasteiger partial charge in [-0.15, -0.1) is 10.2 Å². The number of hydrogen-bond donors (Lipinski definition) is 1. The number of halogens is 1. The number of anilines is 2. The van der Waals surface area contributed by atoms with Gasteiger partial charge in [-0.25, -0.2) is 4.39 Å². The Kier molecular flexibility index (Phi) is 5.85. The molecule has 3 rings (SSSR count). The van der Waals surface area contributed by atoms with Crippen molar-refractivity contribution >= 4 is 39.7 Å². The van der Waals surface area contributed by atoms with Gasteiger partial charge >= 0.3 is 0 Å². The molecule has 26 heavy (non-hydrogen) atoms. The number of ketones is 1. The van der Waals surface area contributed by atoms with E-state index in [1.54, 1.807) is 6.07 Å². The van der Waals surface area contributed by atoms with Crippen LogP contribution in [0.5, 0.6) is 5.75 Å². The molecule has 0 saturated heterocycles. The van der Waals surface area contributed by atoms with Crippen LogP contribution in [0.2, 0.25) is 0 Å². The number of Topliss-reactive ketones (excluding diaryl/α,β-unsaturated/α-hetero) is 1. The molecule has 3 aromatic rings. The zero-order valence-corrected chi connectivity index (χ0v) is 15.8. The molecule has 5 nitrogen and oxygen atoms in total. The molecule has 0 amide bonds. The predicted octanol–water partition coefficient (Wildman–Crippen LogP) is 4.71. The predicted molar refractivity (Wildman–Crippen MR) is 102 cm³/mol. The zero-order chi connectivity index (χ0) is 18.5. The molecule has 1 N–H and O–H groups in total. The van der Waals surface area contributed by atoms with Crippen LogP contribution in [0.25, 0.3) is 0 Å². The van der Waals surface area contributed by atoms with E-state index in [-0.39, 0.29) is 17.3 Å². The molecule has 0 spiro atoms. The number of methoxy groups -OCH3 is 1. The summed E-state index contributed by atoms with van der Waals surface area (Å²) < 4.78 is 19.2. The number of hydrogen-bond acceptors (Lipinski definition) is 7. The molecule has 0 aliphatic rings. The van der Waals surface area contributed by atoms with Crippen LogP contribution in [0.15, 0.2) is 46.8 Å². The fourth-order valence-electron chi connectivity index (χ4n) is 2.22. The third kappa shape index (κ3) is 4.59. The van der Waals surface area contributed by atoms with Gasteiger partial charge in [-0.2, -0.15) is 0 Å². The smallest absolute Gasteiger partial charge is 0.210 e. The number of rotatable bonds is 7. The number of carbonyl (C=O) groups is 1. The Bertz CT molecular complexity index is 930. The first-order chi connectivity index (χ1) is 12.5. The zero-order valence-electron chi connectivity index (χ0n) is 14.2. The highest BCUT2D eigenvalue weighted by molar-refractivity contribution is 8.01. The lowest BCUT2D eigenvalue weighted by molar-refractivity contribution is 0.102. The van der Waals surface area contributed by atoms with Crippen LogP contribution in [0.4, 0.5) is 15.2 Å². The van der Waals surface area contributed by atoms with E-state index in [2.05, 4.69) is 15.5 Å². The van der Waals surface area contributed by atoms with E-state index >= 15 is 0 Å². The summed E-state index contributed by atoms with van der Waals surface area (Å²) in [5.74, 6) is -0.459. The Balaban J connectivity index is 1.59. The number of thioether (sulfide) groups is 1. The molecule has 1 heterocycles. The highest BCUT2D eigenvalue weighted by atomic mass is 32.2. The summed E-state index contributed by atoms with van der Waals surface area (Å²) in [6.45, 7) is 2.01. The molecule has 0 radical (unpaired) electrons. The van der Waals surface area contributed by atoms with Crippen molar-refractivity contribution in [2.24, 2.45) is 0 Å². The molecule has 0 unspecified atom stereocenters. The fourth-order valence-corrected chi connectivity index (χ4v) is 3.88. The standard InChI is InChI=1S/C18H16FN3O2S2/c1-11-4-3-5-13(8-11)20-17-21-22-18(26-17)25-10-15(23)12-6-7-16(24-2)14(19)9-12/h3-9H,10H2,1-2H3,(H,20,21). The van der Waals surface area contributed by atoms with Crippen LogP contribution in [0, 0.1) is 12.7 Å². The maximum atomic E-state index is 13.7. The minimum atomic E-state index is -0.552. The summed E-state index contributed by atoms with van der Waals surface area (Å²) in [7, 11) is 1.38. The molecule has 0 atom stereocenters. The average molecular weight is 389 g/mol. The van der Waals surface area contributed by atoms with Crippen molar-refractivity contribution in [1.82, 2.24) is 10.2 Å². The minimum Gasteiger partial charge on any atom is -0.494 e.